The molecule has 1 heterocycles. The molecule has 1 saturated heterocycles. The first kappa shape index (κ1) is 11.6. The van der Waals surface area contributed by atoms with Gasteiger partial charge in [-0.25, -0.2) is 0 Å². The first-order chi connectivity index (χ1) is 7.55. The van der Waals surface area contributed by atoms with Crippen LogP contribution >= 0.6 is 0 Å². The number of hydrogen-bond acceptors (Lipinski definition) is 2. The van der Waals surface area contributed by atoms with E-state index in [-0.39, 0.29) is 0 Å². The van der Waals surface area contributed by atoms with Crippen molar-refractivity contribution in [2.45, 2.75) is 45.3 Å². The van der Waals surface area contributed by atoms with E-state index in [1.807, 2.05) is 0 Å². The molecule has 0 saturated carbocycles. The average Bonchev–Trinajstić information content (AvgIpc) is 2.58. The van der Waals surface area contributed by atoms with Crippen LogP contribution in [0, 0.1) is 6.92 Å². The Bertz CT molecular complexity index is 340. The highest BCUT2D eigenvalue weighted by Gasteiger charge is 2.29. The third-order valence-electron chi connectivity index (χ3n) is 3.30. The minimum Gasteiger partial charge on any atom is -0.310 e. The van der Waals surface area contributed by atoms with Crippen molar-refractivity contribution >= 4 is 0 Å². The molecular formula is C14H22N2. The summed E-state index contributed by atoms with van der Waals surface area (Å²) < 4.78 is 0. The van der Waals surface area contributed by atoms with Crippen LogP contribution in [-0.4, -0.2) is 18.1 Å². The summed E-state index contributed by atoms with van der Waals surface area (Å²) in [4.78, 5) is 0. The molecule has 16 heavy (non-hydrogen) atoms. The molecule has 2 nitrogen and oxygen atoms in total. The topological polar surface area (TPSA) is 24.1 Å². The summed E-state index contributed by atoms with van der Waals surface area (Å²) >= 11 is 0. The Kier molecular flexibility index (Phi) is 3.31. The average molecular weight is 218 g/mol. The van der Waals surface area contributed by atoms with Gasteiger partial charge in [0.25, 0.3) is 0 Å². The highest BCUT2D eigenvalue weighted by Crippen LogP contribution is 2.18. The number of aryl methyl sites for hydroxylation is 1. The van der Waals surface area contributed by atoms with Gasteiger partial charge >= 0.3 is 0 Å². The highest BCUT2D eigenvalue weighted by atomic mass is 15.1. The van der Waals surface area contributed by atoms with Crippen LogP contribution in [0.4, 0.5) is 0 Å². The van der Waals surface area contributed by atoms with E-state index in [2.05, 4.69) is 55.7 Å². The van der Waals surface area contributed by atoms with Gasteiger partial charge in [-0.2, -0.15) is 0 Å². The minimum atomic E-state index is 0.297. The molecule has 0 radical (unpaired) electrons. The van der Waals surface area contributed by atoms with Crippen LogP contribution < -0.4 is 10.6 Å². The van der Waals surface area contributed by atoms with Crippen LogP contribution in [-0.2, 0) is 6.54 Å². The van der Waals surface area contributed by atoms with E-state index in [0.717, 1.165) is 13.1 Å². The van der Waals surface area contributed by atoms with Gasteiger partial charge in [0.2, 0.25) is 0 Å². The Balaban J connectivity index is 1.82. The van der Waals surface area contributed by atoms with Crippen LogP contribution in [0.15, 0.2) is 24.3 Å². The monoisotopic (exact) mass is 218 g/mol. The maximum absolute atomic E-state index is 3.61. The lowest BCUT2D eigenvalue weighted by Gasteiger charge is -2.17. The zero-order chi connectivity index (χ0) is 11.6. The molecule has 0 spiro atoms. The quantitative estimate of drug-likeness (QED) is 0.813. The highest BCUT2D eigenvalue weighted by molar-refractivity contribution is 5.21. The summed E-state index contributed by atoms with van der Waals surface area (Å²) in [6.45, 7) is 8.71. The largest absolute Gasteiger partial charge is 0.310 e. The molecule has 1 aromatic rings. The van der Waals surface area contributed by atoms with Crippen LogP contribution in [0.1, 0.15) is 31.4 Å². The maximum Gasteiger partial charge on any atom is 0.0213 e. The van der Waals surface area contributed by atoms with Gasteiger partial charge in [-0.1, -0.05) is 29.8 Å². The standard InChI is InChI=1S/C14H22N2/c1-11-4-6-12(7-5-11)9-15-13-8-14(2,3)16-10-13/h4-7,13,15-16H,8-10H2,1-3H3. The van der Waals surface area contributed by atoms with E-state index in [4.69, 9.17) is 0 Å². The van der Waals surface area contributed by atoms with Crippen LogP contribution in [0.3, 0.4) is 0 Å². The zero-order valence-electron chi connectivity index (χ0n) is 10.5. The van der Waals surface area contributed by atoms with E-state index >= 15 is 0 Å². The summed E-state index contributed by atoms with van der Waals surface area (Å²) in [6, 6.07) is 9.37. The van der Waals surface area contributed by atoms with E-state index in [0.29, 0.717) is 11.6 Å². The van der Waals surface area contributed by atoms with Gasteiger partial charge in [-0.05, 0) is 32.8 Å². The molecule has 2 heteroatoms. The fourth-order valence-corrected chi connectivity index (χ4v) is 2.27. The molecule has 2 N–H and O–H groups in total. The number of benzene rings is 1. The second kappa shape index (κ2) is 4.56. The second-order valence-electron chi connectivity index (χ2n) is 5.53. The maximum atomic E-state index is 3.61. The van der Waals surface area contributed by atoms with Gasteiger partial charge in [0, 0.05) is 24.7 Å². The summed E-state index contributed by atoms with van der Waals surface area (Å²) in [5.41, 5.74) is 2.99. The molecule has 0 amide bonds. The van der Waals surface area contributed by atoms with Crippen LogP contribution in [0.2, 0.25) is 0 Å². The fourth-order valence-electron chi connectivity index (χ4n) is 2.27. The Morgan fingerprint density at radius 1 is 1.31 bits per heavy atom. The summed E-state index contributed by atoms with van der Waals surface area (Å²) in [7, 11) is 0. The first-order valence-corrected chi connectivity index (χ1v) is 6.09. The van der Waals surface area contributed by atoms with Crippen molar-refractivity contribution in [1.29, 1.82) is 0 Å². The predicted octanol–water partition coefficient (Wildman–Crippen LogP) is 2.23. The van der Waals surface area contributed by atoms with Crippen molar-refractivity contribution in [3.05, 3.63) is 35.4 Å². The lowest BCUT2D eigenvalue weighted by atomic mass is 10.0. The number of rotatable bonds is 3. The van der Waals surface area contributed by atoms with Crippen molar-refractivity contribution in [3.8, 4) is 0 Å². The van der Waals surface area contributed by atoms with Crippen molar-refractivity contribution in [3.63, 3.8) is 0 Å². The van der Waals surface area contributed by atoms with Gasteiger partial charge < -0.3 is 10.6 Å². The molecule has 1 fully saturated rings. The molecule has 1 aliphatic heterocycles. The smallest absolute Gasteiger partial charge is 0.0213 e. The molecule has 1 aliphatic rings. The zero-order valence-corrected chi connectivity index (χ0v) is 10.5. The molecule has 0 bridgehead atoms. The van der Waals surface area contributed by atoms with Crippen LogP contribution in [0.5, 0.6) is 0 Å². The first-order valence-electron chi connectivity index (χ1n) is 6.09. The third-order valence-corrected chi connectivity index (χ3v) is 3.30. The van der Waals surface area contributed by atoms with Crippen molar-refractivity contribution in [1.82, 2.24) is 10.6 Å². The summed E-state index contributed by atoms with van der Waals surface area (Å²) in [5, 5.41) is 7.14. The SMILES string of the molecule is Cc1ccc(CNC2CNC(C)(C)C2)cc1. The van der Waals surface area contributed by atoms with Crippen molar-refractivity contribution < 1.29 is 0 Å². The number of hydrogen-bond donors (Lipinski definition) is 2. The lowest BCUT2D eigenvalue weighted by molar-refractivity contribution is 0.442. The van der Waals surface area contributed by atoms with Crippen molar-refractivity contribution in [2.75, 3.05) is 6.54 Å². The Labute approximate surface area is 98.4 Å². The third kappa shape index (κ3) is 3.06. The molecule has 1 atom stereocenters. The minimum absolute atomic E-state index is 0.297. The molecule has 1 aromatic carbocycles. The molecular weight excluding hydrogens is 196 g/mol. The molecule has 0 aliphatic carbocycles. The lowest BCUT2D eigenvalue weighted by Crippen LogP contribution is -2.31. The van der Waals surface area contributed by atoms with E-state index < -0.39 is 0 Å². The normalized spacial score (nSPS) is 23.6. The Hall–Kier alpha value is -0.860. The van der Waals surface area contributed by atoms with E-state index in [9.17, 15) is 0 Å². The molecule has 88 valence electrons. The molecule has 0 aromatic heterocycles. The van der Waals surface area contributed by atoms with E-state index in [1.54, 1.807) is 0 Å². The molecule has 2 rings (SSSR count). The molecule has 1 unspecified atom stereocenters. The van der Waals surface area contributed by atoms with E-state index in [1.165, 1.54) is 17.5 Å². The van der Waals surface area contributed by atoms with Gasteiger partial charge in [0.15, 0.2) is 0 Å². The summed E-state index contributed by atoms with van der Waals surface area (Å²) in [5.74, 6) is 0. The number of nitrogens with one attached hydrogen (secondary N) is 2. The fraction of sp³-hybridized carbons (Fsp3) is 0.571. The second-order valence-corrected chi connectivity index (χ2v) is 5.53. The van der Waals surface area contributed by atoms with Crippen molar-refractivity contribution in [2.24, 2.45) is 0 Å². The predicted molar refractivity (Wildman–Crippen MR) is 68.5 cm³/mol. The summed E-state index contributed by atoms with van der Waals surface area (Å²) in [6.07, 6.45) is 1.21. The van der Waals surface area contributed by atoms with Gasteiger partial charge in [0.1, 0.15) is 0 Å². The Morgan fingerprint density at radius 2 is 2.00 bits per heavy atom. The van der Waals surface area contributed by atoms with Gasteiger partial charge in [-0.15, -0.1) is 0 Å². The van der Waals surface area contributed by atoms with Gasteiger partial charge in [0.05, 0.1) is 0 Å². The van der Waals surface area contributed by atoms with Crippen LogP contribution in [0.25, 0.3) is 0 Å². The van der Waals surface area contributed by atoms with Gasteiger partial charge in [-0.3, -0.25) is 0 Å². The Morgan fingerprint density at radius 3 is 2.56 bits per heavy atom.